The van der Waals surface area contributed by atoms with Crippen LogP contribution in [0.3, 0.4) is 0 Å². The van der Waals surface area contributed by atoms with Crippen molar-refractivity contribution < 1.29 is 110 Å². The number of ketones is 3. The molecule has 0 spiro atoms. The number of nitrogens with zero attached hydrogens (tertiary/aromatic N) is 5. The first-order chi connectivity index (χ1) is 50.3. The van der Waals surface area contributed by atoms with Gasteiger partial charge < -0.3 is 20.3 Å². The number of aliphatic hydroxyl groups excluding tert-OH is 3. The third-order valence-electron chi connectivity index (χ3n) is 15.6. The van der Waals surface area contributed by atoms with Crippen LogP contribution >= 0.6 is 0 Å². The average Bonchev–Trinajstić information content (AvgIpc) is 0.825. The molecular weight excluding hydrogens is 2110 g/mol. The first-order valence-electron chi connectivity index (χ1n) is 34.2. The number of aromatic nitrogens is 5. The van der Waals surface area contributed by atoms with E-state index in [1.165, 1.54) is 115 Å². The van der Waals surface area contributed by atoms with Crippen molar-refractivity contribution in [2.24, 2.45) is 0 Å². The van der Waals surface area contributed by atoms with Crippen molar-refractivity contribution in [1.29, 1.82) is 0 Å². The second-order valence-electron chi connectivity index (χ2n) is 25.1. The van der Waals surface area contributed by atoms with Crippen molar-refractivity contribution in [2.45, 2.75) is 127 Å². The molecule has 11 nitrogen and oxygen atoms in total. The van der Waals surface area contributed by atoms with Gasteiger partial charge in [-0.05, 0) is 122 Å². The van der Waals surface area contributed by atoms with E-state index < -0.39 is 0 Å². The average molecular weight is 2220 g/mol. The number of hydrogen-bond donors (Lipinski definition) is 3. The summed E-state index contributed by atoms with van der Waals surface area (Å²) in [5.74, 6) is -0.187. The molecule has 14 aromatic rings. The minimum Gasteiger partial charge on any atom is -0.512 e. The van der Waals surface area contributed by atoms with Gasteiger partial charge in [0.25, 0.3) is 0 Å². The Kier molecular flexibility index (Phi) is 50.1. The Balaban J connectivity index is 0. The van der Waals surface area contributed by atoms with Gasteiger partial charge in [-0.2, -0.15) is 0 Å². The van der Waals surface area contributed by atoms with E-state index in [9.17, 15) is 14.4 Å². The van der Waals surface area contributed by atoms with Gasteiger partial charge in [0.15, 0.2) is 17.3 Å². The number of carbonyl (C=O) groups excluding carboxylic acids is 3. The Bertz CT molecular complexity index is 5160. The number of pyridine rings is 5. The third kappa shape index (κ3) is 35.3. The summed E-state index contributed by atoms with van der Waals surface area (Å²) in [4.78, 5) is 53.1. The first kappa shape index (κ1) is 105. The number of aliphatic hydroxyl groups is 3. The summed E-state index contributed by atoms with van der Waals surface area (Å²) in [6, 6.07) is 96.4. The summed E-state index contributed by atoms with van der Waals surface area (Å²) in [6.07, 6.45) is 5.29. The van der Waals surface area contributed by atoms with Gasteiger partial charge in [0.1, 0.15) is 0 Å². The third-order valence-corrected chi connectivity index (χ3v) is 15.6. The Labute approximate surface area is 725 Å². The van der Waals surface area contributed by atoms with Crippen LogP contribution in [0, 0.1) is 85.7 Å². The van der Waals surface area contributed by atoms with Crippen LogP contribution in [0.15, 0.2) is 278 Å². The number of benzene rings is 9. The van der Waals surface area contributed by atoms with E-state index in [-0.39, 0.29) is 145 Å². The molecule has 0 atom stereocenters. The molecule has 0 saturated heterocycles. The van der Waals surface area contributed by atoms with Crippen LogP contribution in [0.25, 0.3) is 99.9 Å². The largest absolute Gasteiger partial charge is 0.512 e. The molecule has 0 saturated carbocycles. The molecular formula is C98H104Ir4N5O6-5. The van der Waals surface area contributed by atoms with Crippen LogP contribution < -0.4 is 0 Å². The van der Waals surface area contributed by atoms with E-state index >= 15 is 0 Å². The maximum atomic E-state index is 10.0. The van der Waals surface area contributed by atoms with Crippen molar-refractivity contribution in [3.05, 3.63) is 353 Å². The van der Waals surface area contributed by atoms with E-state index in [0.717, 1.165) is 89.5 Å². The Morgan fingerprint density at radius 3 is 1.14 bits per heavy atom. The van der Waals surface area contributed by atoms with Gasteiger partial charge in [0.2, 0.25) is 0 Å². The molecule has 0 aliphatic rings. The van der Waals surface area contributed by atoms with Crippen molar-refractivity contribution >= 4 is 61.0 Å². The molecule has 0 bridgehead atoms. The smallest absolute Gasteiger partial charge is 0.155 e. The summed E-state index contributed by atoms with van der Waals surface area (Å²) >= 11 is 0. The van der Waals surface area contributed by atoms with E-state index in [1.807, 2.05) is 127 Å². The normalized spacial score (nSPS) is 10.0. The van der Waals surface area contributed by atoms with Crippen LogP contribution in [-0.2, 0) is 94.8 Å². The molecule has 113 heavy (non-hydrogen) atoms. The molecule has 14 rings (SSSR count). The van der Waals surface area contributed by atoms with E-state index in [1.54, 1.807) is 6.20 Å². The molecule has 5 heterocycles. The molecule has 3 N–H and O–H groups in total. The monoisotopic (exact) mass is 2220 g/mol. The van der Waals surface area contributed by atoms with Crippen LogP contribution in [0.4, 0.5) is 0 Å². The predicted octanol–water partition coefficient (Wildman–Crippen LogP) is 25.5. The van der Waals surface area contributed by atoms with E-state index in [2.05, 4.69) is 200 Å². The van der Waals surface area contributed by atoms with Gasteiger partial charge in [0, 0.05) is 105 Å². The standard InChI is InChI=1S/4C17H14N.C11H8N.3C5H8O2.4CH4.4Ir/c1-12-6-5-8-15(13(12)2)17-11-10-14-7-3-4-9-16(14)18-17;1-12-7-9-15(13(2)11-12)17-10-8-14-5-3-4-6-16(14)18-17;1-12-9-13(2)11-15(10-12)17-8-7-14-5-3-4-6-16(14)18-17;1-12-7-8-13(2)15(11-12)17-10-9-14-5-3-4-6-16(14)18-17;1-2-6-10(7-3-1)11-8-4-5-9-12-11;3*1-4(6)3-5(2)7;;;;;;;;/h3-7,9-11H,1-2H3;3-8,10-11H,1-2H3;2*3-10H,1-2H3;1-6,8-9H;3*3,6H,1-2H3;4*1H4;;;;/q5*-1;;;;;;;;;;;. The SMILES string of the molecule is C.C.C.C.CC(=O)C=C(C)O.CC(=O)C=C(C)O.CC(=O)C=C(C)O.Cc1[c-]c(-c2ccc3ccccc3n2)c(C)cc1.Cc1[c-]c(-c2ccc3ccccc3n2)cc(C)c1.Cc1c[c-]c(-c2ccc3ccccc3n2)c(C)c1.Cc1cc[c-]c(-c2ccc3ccccc3n2)c1C.[Ir].[Ir].[Ir].[Ir].[c-]1ccccc1-c1ccccn1. The van der Waals surface area contributed by atoms with Gasteiger partial charge in [-0.1, -0.05) is 219 Å². The molecule has 0 aliphatic carbocycles. The number of carbonyl (C=O) groups is 3. The molecule has 598 valence electrons. The Morgan fingerprint density at radius 2 is 0.743 bits per heavy atom. The zero-order chi connectivity index (χ0) is 76.0. The van der Waals surface area contributed by atoms with Crippen molar-refractivity contribution in [1.82, 2.24) is 24.9 Å². The van der Waals surface area contributed by atoms with Crippen molar-refractivity contribution in [3.8, 4) is 56.3 Å². The van der Waals surface area contributed by atoms with Gasteiger partial charge in [-0.15, -0.1) is 175 Å². The predicted molar refractivity (Wildman–Crippen MR) is 459 cm³/mol. The Morgan fingerprint density at radius 1 is 0.327 bits per heavy atom. The van der Waals surface area contributed by atoms with E-state index in [0.29, 0.717) is 0 Å². The number of allylic oxidation sites excluding steroid dienone is 6. The maximum absolute atomic E-state index is 10.0. The number of fused-ring (bicyclic) bond motifs is 4. The quantitative estimate of drug-likeness (QED) is 0.0750. The topological polar surface area (TPSA) is 176 Å². The zero-order valence-corrected chi connectivity index (χ0v) is 73.0. The molecule has 15 heteroatoms. The van der Waals surface area contributed by atoms with Gasteiger partial charge in [-0.3, -0.25) is 34.3 Å². The van der Waals surface area contributed by atoms with Crippen molar-refractivity contribution in [2.75, 3.05) is 0 Å². The van der Waals surface area contributed by atoms with Gasteiger partial charge in [-0.25, -0.2) is 0 Å². The Hall–Kier alpha value is -10.0. The van der Waals surface area contributed by atoms with Crippen molar-refractivity contribution in [3.63, 3.8) is 0 Å². The summed E-state index contributed by atoms with van der Waals surface area (Å²) in [5.41, 5.74) is 24.2. The summed E-state index contributed by atoms with van der Waals surface area (Å²) in [7, 11) is 0. The number of rotatable bonds is 8. The van der Waals surface area contributed by atoms with Crippen LogP contribution in [0.1, 0.15) is 116 Å². The molecule has 0 fully saturated rings. The number of aryl methyl sites for hydroxylation is 7. The minimum absolute atomic E-state index is 0. The number of hydrogen-bond acceptors (Lipinski definition) is 11. The van der Waals surface area contributed by atoms with E-state index in [4.69, 9.17) is 35.3 Å². The molecule has 4 radical (unpaired) electrons. The molecule has 0 aliphatic heterocycles. The van der Waals surface area contributed by atoms with Crippen LogP contribution in [0.5, 0.6) is 0 Å². The summed E-state index contributed by atoms with van der Waals surface area (Å²) in [5, 5.41) is 29.8. The fourth-order valence-electron chi connectivity index (χ4n) is 10.7. The number of para-hydroxylation sites is 4. The molecule has 9 aromatic carbocycles. The van der Waals surface area contributed by atoms with Crippen LogP contribution in [-0.4, -0.2) is 57.6 Å². The zero-order valence-electron chi connectivity index (χ0n) is 63.5. The fraction of sp³-hybridized carbons (Fsp3) is 0.184. The second-order valence-corrected chi connectivity index (χ2v) is 25.1. The maximum Gasteiger partial charge on any atom is 0.155 e. The van der Waals surface area contributed by atoms with Gasteiger partial charge in [0.05, 0.1) is 39.3 Å². The fourth-order valence-corrected chi connectivity index (χ4v) is 10.7. The van der Waals surface area contributed by atoms with Crippen LogP contribution in [0.2, 0.25) is 0 Å². The molecule has 5 aromatic heterocycles. The second kappa shape index (κ2) is 53.9. The summed E-state index contributed by atoms with van der Waals surface area (Å²) < 4.78 is 0. The summed E-state index contributed by atoms with van der Waals surface area (Å²) in [6.45, 7) is 25.3. The molecule has 0 amide bonds. The molecule has 0 unspecified atom stereocenters. The minimum atomic E-state index is -0.125. The first-order valence-corrected chi connectivity index (χ1v) is 34.2. The van der Waals surface area contributed by atoms with Gasteiger partial charge >= 0.3 is 0 Å².